The van der Waals surface area contributed by atoms with Crippen LogP contribution < -0.4 is 0 Å². The monoisotopic (exact) mass is 411 g/mol. The Morgan fingerprint density at radius 1 is 0.935 bits per heavy atom. The first-order valence-corrected chi connectivity index (χ1v) is 9.48. The number of benzene rings is 3. The number of para-hydroxylation sites is 1. The van der Waals surface area contributed by atoms with Crippen LogP contribution in [-0.2, 0) is 6.42 Å². The number of hydrogen-bond donors (Lipinski definition) is 0. The Morgan fingerprint density at radius 3 is 2.23 bits per heavy atom. The zero-order valence-corrected chi connectivity index (χ0v) is 16.3. The molecule has 0 aliphatic heterocycles. The van der Waals surface area contributed by atoms with Crippen LogP contribution in [-0.4, -0.2) is 31.4 Å². The molecule has 152 valence electrons. The average Bonchev–Trinajstić information content (AvgIpc) is 3.28. The summed E-state index contributed by atoms with van der Waals surface area (Å²) in [7, 11) is 0. The number of nitrogens with zero attached hydrogens (tertiary/aromatic N) is 5. The van der Waals surface area contributed by atoms with Gasteiger partial charge in [0.25, 0.3) is 5.69 Å². The number of nitro groups is 1. The normalized spacial score (nSPS) is 11.3. The molecule has 0 radical (unpaired) electrons. The van der Waals surface area contributed by atoms with Crippen LogP contribution in [0, 0.1) is 10.1 Å². The van der Waals surface area contributed by atoms with Crippen LogP contribution in [0.25, 0.3) is 5.69 Å². The molecule has 1 aromatic heterocycles. The van der Waals surface area contributed by atoms with Crippen LogP contribution in [0.1, 0.15) is 16.1 Å². The van der Waals surface area contributed by atoms with Crippen molar-refractivity contribution in [2.45, 2.75) is 6.42 Å². The highest BCUT2D eigenvalue weighted by Crippen LogP contribution is 2.17. The lowest BCUT2D eigenvalue weighted by molar-refractivity contribution is -0.384. The number of aliphatic imine (C=N–C) groups is 1. The Balaban J connectivity index is 1.62. The van der Waals surface area contributed by atoms with Gasteiger partial charge in [0.2, 0.25) is 5.78 Å². The SMILES string of the molecule is O=C(C(Cc1cn(-c2ccc([N+](=O)[O-])cc2)nn1)=Nc1ccccc1)c1ccccc1. The minimum absolute atomic E-state index is 0.00479. The standard InChI is InChI=1S/C23H17N5O3/c29-23(17-7-3-1-4-8-17)22(24-18-9-5-2-6-10-18)15-19-16-27(26-25-19)20-11-13-21(14-12-20)28(30)31/h1-14,16H,15H2. The number of Topliss-reactive ketones (excluding diaryl/α,β-unsaturated/α-hetero) is 1. The average molecular weight is 411 g/mol. The molecule has 0 N–H and O–H groups in total. The minimum Gasteiger partial charge on any atom is -0.287 e. The van der Waals surface area contributed by atoms with Gasteiger partial charge in [-0.3, -0.25) is 14.9 Å². The second kappa shape index (κ2) is 8.91. The third kappa shape index (κ3) is 4.76. The summed E-state index contributed by atoms with van der Waals surface area (Å²) in [5.41, 5.74) is 2.73. The van der Waals surface area contributed by atoms with Gasteiger partial charge in [-0.15, -0.1) is 5.10 Å². The molecule has 0 saturated carbocycles. The van der Waals surface area contributed by atoms with Gasteiger partial charge in [-0.2, -0.15) is 0 Å². The number of non-ortho nitro benzene ring substituents is 1. The van der Waals surface area contributed by atoms with Crippen LogP contribution in [0.5, 0.6) is 0 Å². The smallest absolute Gasteiger partial charge is 0.269 e. The highest BCUT2D eigenvalue weighted by molar-refractivity contribution is 6.46. The second-order valence-corrected chi connectivity index (χ2v) is 6.69. The predicted molar refractivity (Wildman–Crippen MR) is 116 cm³/mol. The van der Waals surface area contributed by atoms with Gasteiger partial charge in [-0.1, -0.05) is 53.7 Å². The van der Waals surface area contributed by atoms with Crippen LogP contribution in [0.2, 0.25) is 0 Å². The number of hydrogen-bond acceptors (Lipinski definition) is 6. The van der Waals surface area contributed by atoms with Crippen molar-refractivity contribution < 1.29 is 9.72 Å². The van der Waals surface area contributed by atoms with Crippen LogP contribution in [0.15, 0.2) is 96.1 Å². The number of nitro benzene ring substituents is 1. The molecule has 8 heteroatoms. The predicted octanol–water partition coefficient (Wildman–Crippen LogP) is 4.37. The van der Waals surface area contributed by atoms with E-state index in [0.29, 0.717) is 28.3 Å². The van der Waals surface area contributed by atoms with E-state index in [1.165, 1.54) is 16.8 Å². The lowest BCUT2D eigenvalue weighted by Gasteiger charge is -2.05. The van der Waals surface area contributed by atoms with Gasteiger partial charge in [-0.05, 0) is 24.3 Å². The molecule has 0 fully saturated rings. The molecule has 0 bridgehead atoms. The van der Waals surface area contributed by atoms with Gasteiger partial charge >= 0.3 is 0 Å². The van der Waals surface area contributed by atoms with Crippen LogP contribution in [0.3, 0.4) is 0 Å². The first kappa shape index (κ1) is 19.8. The van der Waals surface area contributed by atoms with Gasteiger partial charge < -0.3 is 0 Å². The third-order valence-corrected chi connectivity index (χ3v) is 4.53. The molecule has 0 aliphatic rings. The molecular weight excluding hydrogens is 394 g/mol. The molecule has 4 rings (SSSR count). The van der Waals surface area contributed by atoms with E-state index in [0.717, 1.165) is 0 Å². The largest absolute Gasteiger partial charge is 0.287 e. The minimum atomic E-state index is -0.460. The van der Waals surface area contributed by atoms with E-state index in [2.05, 4.69) is 15.3 Å². The summed E-state index contributed by atoms with van der Waals surface area (Å²) in [5, 5.41) is 19.1. The van der Waals surface area contributed by atoms with Gasteiger partial charge in [0.05, 0.1) is 33.9 Å². The van der Waals surface area contributed by atoms with E-state index in [-0.39, 0.29) is 17.9 Å². The molecule has 8 nitrogen and oxygen atoms in total. The van der Waals surface area contributed by atoms with Crippen LogP contribution >= 0.6 is 0 Å². The van der Waals surface area contributed by atoms with Crippen molar-refractivity contribution in [3.63, 3.8) is 0 Å². The second-order valence-electron chi connectivity index (χ2n) is 6.69. The summed E-state index contributed by atoms with van der Waals surface area (Å²) >= 11 is 0. The maximum Gasteiger partial charge on any atom is 0.269 e. The van der Waals surface area contributed by atoms with E-state index in [9.17, 15) is 14.9 Å². The van der Waals surface area contributed by atoms with Crippen molar-refractivity contribution in [1.29, 1.82) is 0 Å². The van der Waals surface area contributed by atoms with Gasteiger partial charge in [-0.25, -0.2) is 9.67 Å². The number of carbonyl (C=O) groups is 1. The lowest BCUT2D eigenvalue weighted by Crippen LogP contribution is -2.17. The van der Waals surface area contributed by atoms with E-state index in [4.69, 9.17) is 0 Å². The van der Waals surface area contributed by atoms with Crippen molar-refractivity contribution in [3.05, 3.63) is 112 Å². The Hall–Kier alpha value is -4.46. The van der Waals surface area contributed by atoms with E-state index >= 15 is 0 Å². The number of rotatable bonds is 7. The first-order valence-electron chi connectivity index (χ1n) is 9.48. The summed E-state index contributed by atoms with van der Waals surface area (Å²) in [6, 6.07) is 24.2. The first-order chi connectivity index (χ1) is 15.1. The molecule has 0 spiro atoms. The molecule has 0 unspecified atom stereocenters. The highest BCUT2D eigenvalue weighted by Gasteiger charge is 2.17. The fourth-order valence-corrected chi connectivity index (χ4v) is 2.99. The molecule has 0 atom stereocenters. The molecule has 0 amide bonds. The zero-order valence-electron chi connectivity index (χ0n) is 16.3. The van der Waals surface area contributed by atoms with E-state index in [1.54, 1.807) is 42.6 Å². The number of ketones is 1. The van der Waals surface area contributed by atoms with Crippen molar-refractivity contribution in [3.8, 4) is 5.69 Å². The Labute approximate surface area is 177 Å². The molecule has 3 aromatic carbocycles. The van der Waals surface area contributed by atoms with Gasteiger partial charge in [0, 0.05) is 24.1 Å². The fourth-order valence-electron chi connectivity index (χ4n) is 2.99. The Morgan fingerprint density at radius 2 is 1.58 bits per heavy atom. The van der Waals surface area contributed by atoms with E-state index < -0.39 is 4.92 Å². The Kier molecular flexibility index (Phi) is 5.70. The molecule has 4 aromatic rings. The summed E-state index contributed by atoms with van der Waals surface area (Å²) in [6.45, 7) is 0. The molecule has 0 aliphatic carbocycles. The summed E-state index contributed by atoms with van der Waals surface area (Å²) < 4.78 is 1.51. The Bertz CT molecular complexity index is 1230. The summed E-state index contributed by atoms with van der Waals surface area (Å²) in [6.07, 6.45) is 1.87. The summed E-state index contributed by atoms with van der Waals surface area (Å²) in [5.74, 6) is -0.186. The lowest BCUT2D eigenvalue weighted by atomic mass is 10.0. The van der Waals surface area contributed by atoms with Gasteiger partial charge in [0.15, 0.2) is 0 Å². The van der Waals surface area contributed by atoms with Crippen molar-refractivity contribution in [2.24, 2.45) is 4.99 Å². The number of aromatic nitrogens is 3. The molecule has 31 heavy (non-hydrogen) atoms. The maximum atomic E-state index is 13.1. The fraction of sp³-hybridized carbons (Fsp3) is 0.0435. The summed E-state index contributed by atoms with van der Waals surface area (Å²) in [4.78, 5) is 28.0. The van der Waals surface area contributed by atoms with Crippen molar-refractivity contribution >= 4 is 22.9 Å². The third-order valence-electron chi connectivity index (χ3n) is 4.53. The zero-order chi connectivity index (χ0) is 21.6. The maximum absolute atomic E-state index is 13.1. The van der Waals surface area contributed by atoms with Gasteiger partial charge in [0.1, 0.15) is 0 Å². The molecule has 0 saturated heterocycles. The van der Waals surface area contributed by atoms with E-state index in [1.807, 2.05) is 36.4 Å². The highest BCUT2D eigenvalue weighted by atomic mass is 16.6. The number of carbonyl (C=O) groups excluding carboxylic acids is 1. The molecule has 1 heterocycles. The topological polar surface area (TPSA) is 103 Å². The van der Waals surface area contributed by atoms with Crippen LogP contribution in [0.4, 0.5) is 11.4 Å². The molecular formula is C23H17N5O3. The quantitative estimate of drug-likeness (QED) is 0.194. The van der Waals surface area contributed by atoms with Crippen molar-refractivity contribution in [2.75, 3.05) is 0 Å². The van der Waals surface area contributed by atoms with Crippen molar-refractivity contribution in [1.82, 2.24) is 15.0 Å².